The maximum Gasteiger partial charge on any atom is 0.128 e. The number of nitrogens with one attached hydrogen (secondary N) is 1. The molecule has 1 saturated heterocycles. The van der Waals surface area contributed by atoms with Crippen LogP contribution in [0.1, 0.15) is 44.7 Å². The second-order valence-electron chi connectivity index (χ2n) is 5.76. The Balaban J connectivity index is 1.97. The number of aliphatic hydroxyl groups is 1. The highest BCUT2D eigenvalue weighted by Crippen LogP contribution is 2.22. The third-order valence-electron chi connectivity index (χ3n) is 4.07. The molecule has 4 nitrogen and oxygen atoms in total. The van der Waals surface area contributed by atoms with E-state index in [1.165, 1.54) is 5.56 Å². The molecule has 2 unspecified atom stereocenters. The van der Waals surface area contributed by atoms with Crippen molar-refractivity contribution in [1.29, 1.82) is 0 Å². The van der Waals surface area contributed by atoms with Crippen LogP contribution in [-0.2, 0) is 0 Å². The van der Waals surface area contributed by atoms with Crippen molar-refractivity contribution in [3.63, 3.8) is 0 Å². The molecule has 0 radical (unpaired) electrons. The second kappa shape index (κ2) is 7.60. The first-order valence-electron chi connectivity index (χ1n) is 7.79. The molecule has 0 aliphatic carbocycles. The number of rotatable bonds is 6. The van der Waals surface area contributed by atoms with E-state index in [0.29, 0.717) is 12.0 Å². The van der Waals surface area contributed by atoms with Crippen molar-refractivity contribution < 1.29 is 5.11 Å². The zero-order valence-electron chi connectivity index (χ0n) is 12.7. The van der Waals surface area contributed by atoms with Gasteiger partial charge in [-0.2, -0.15) is 0 Å². The average Bonchev–Trinajstić information content (AvgIpc) is 2.52. The summed E-state index contributed by atoms with van der Waals surface area (Å²) in [5.41, 5.74) is 1.23. The number of hydrogen-bond donors (Lipinski definition) is 2. The Labute approximate surface area is 122 Å². The Morgan fingerprint density at radius 3 is 3.00 bits per heavy atom. The maximum atomic E-state index is 9.30. The number of anilines is 1. The first-order valence-corrected chi connectivity index (χ1v) is 7.79. The van der Waals surface area contributed by atoms with Crippen LogP contribution < -0.4 is 10.2 Å². The third-order valence-corrected chi connectivity index (χ3v) is 4.07. The first-order chi connectivity index (χ1) is 9.74. The molecular formula is C16H27N3O. The molecule has 4 heteroatoms. The van der Waals surface area contributed by atoms with E-state index < -0.39 is 0 Å². The minimum atomic E-state index is 0.284. The van der Waals surface area contributed by atoms with E-state index in [2.05, 4.69) is 41.2 Å². The topological polar surface area (TPSA) is 48.4 Å². The van der Waals surface area contributed by atoms with E-state index >= 15 is 0 Å². The molecule has 2 rings (SSSR count). The molecule has 1 aromatic rings. The molecule has 0 amide bonds. The normalized spacial score (nSPS) is 20.9. The van der Waals surface area contributed by atoms with Gasteiger partial charge in [0.1, 0.15) is 5.82 Å². The van der Waals surface area contributed by atoms with E-state index in [0.717, 1.165) is 44.7 Å². The molecule has 2 N–H and O–H groups in total. The van der Waals surface area contributed by atoms with Crippen LogP contribution in [-0.4, -0.2) is 36.3 Å². The highest BCUT2D eigenvalue weighted by Gasteiger charge is 2.20. The number of hydrogen-bond acceptors (Lipinski definition) is 4. The van der Waals surface area contributed by atoms with E-state index in [1.54, 1.807) is 0 Å². The van der Waals surface area contributed by atoms with E-state index in [4.69, 9.17) is 0 Å². The summed E-state index contributed by atoms with van der Waals surface area (Å²) in [6, 6.07) is 4.63. The van der Waals surface area contributed by atoms with Crippen LogP contribution in [0.15, 0.2) is 18.3 Å². The molecule has 20 heavy (non-hydrogen) atoms. The predicted molar refractivity (Wildman–Crippen MR) is 83.0 cm³/mol. The highest BCUT2D eigenvalue weighted by molar-refractivity contribution is 5.40. The fraction of sp³-hybridized carbons (Fsp3) is 0.688. The lowest BCUT2D eigenvalue weighted by Gasteiger charge is -2.32. The lowest BCUT2D eigenvalue weighted by molar-refractivity contribution is 0.208. The van der Waals surface area contributed by atoms with Crippen molar-refractivity contribution in [3.05, 3.63) is 23.9 Å². The zero-order valence-corrected chi connectivity index (χ0v) is 12.7. The summed E-state index contributed by atoms with van der Waals surface area (Å²) in [6.45, 7) is 7.64. The third kappa shape index (κ3) is 3.93. The zero-order chi connectivity index (χ0) is 14.4. The molecule has 1 aliphatic rings. The summed E-state index contributed by atoms with van der Waals surface area (Å²) in [6.07, 6.45) is 5.39. The molecule has 0 spiro atoms. The Morgan fingerprint density at radius 2 is 2.35 bits per heavy atom. The number of aromatic nitrogens is 1. The maximum absolute atomic E-state index is 9.30. The minimum Gasteiger partial charge on any atom is -0.396 e. The van der Waals surface area contributed by atoms with Crippen molar-refractivity contribution in [2.45, 2.75) is 39.2 Å². The smallest absolute Gasteiger partial charge is 0.128 e. The average molecular weight is 277 g/mol. The van der Waals surface area contributed by atoms with Gasteiger partial charge in [-0.3, -0.25) is 0 Å². The van der Waals surface area contributed by atoms with Crippen molar-refractivity contribution in [1.82, 2.24) is 10.3 Å². The van der Waals surface area contributed by atoms with Crippen molar-refractivity contribution in [2.75, 3.05) is 31.1 Å². The van der Waals surface area contributed by atoms with Crippen LogP contribution in [0.4, 0.5) is 5.82 Å². The van der Waals surface area contributed by atoms with Gasteiger partial charge in [-0.15, -0.1) is 0 Å². The van der Waals surface area contributed by atoms with Crippen LogP contribution in [0.2, 0.25) is 0 Å². The SMILES string of the molecule is CCCNC(C)c1ccc(N2CCCC(CO)C2)nc1. The van der Waals surface area contributed by atoms with Crippen LogP contribution in [0.3, 0.4) is 0 Å². The van der Waals surface area contributed by atoms with E-state index in [1.807, 2.05) is 6.20 Å². The fourth-order valence-electron chi connectivity index (χ4n) is 2.74. The van der Waals surface area contributed by atoms with E-state index in [-0.39, 0.29) is 6.61 Å². The first kappa shape index (κ1) is 15.3. The Morgan fingerprint density at radius 1 is 1.50 bits per heavy atom. The summed E-state index contributed by atoms with van der Waals surface area (Å²) in [7, 11) is 0. The van der Waals surface area contributed by atoms with Gasteiger partial charge in [-0.05, 0) is 50.3 Å². The number of nitrogens with zero attached hydrogens (tertiary/aromatic N) is 2. The highest BCUT2D eigenvalue weighted by atomic mass is 16.3. The molecule has 0 saturated carbocycles. The number of aliphatic hydroxyl groups excluding tert-OH is 1. The van der Waals surface area contributed by atoms with Crippen LogP contribution in [0, 0.1) is 5.92 Å². The monoisotopic (exact) mass is 277 g/mol. The van der Waals surface area contributed by atoms with Crippen molar-refractivity contribution >= 4 is 5.82 Å². The Kier molecular flexibility index (Phi) is 5.80. The number of piperidine rings is 1. The van der Waals surface area contributed by atoms with Gasteiger partial charge in [-0.1, -0.05) is 13.0 Å². The molecular weight excluding hydrogens is 250 g/mol. The van der Waals surface area contributed by atoms with Gasteiger partial charge < -0.3 is 15.3 Å². The molecule has 1 aromatic heterocycles. The van der Waals surface area contributed by atoms with E-state index in [9.17, 15) is 5.11 Å². The van der Waals surface area contributed by atoms with Gasteiger partial charge >= 0.3 is 0 Å². The Bertz CT molecular complexity index is 393. The fourth-order valence-corrected chi connectivity index (χ4v) is 2.74. The second-order valence-corrected chi connectivity index (χ2v) is 5.76. The van der Waals surface area contributed by atoms with Crippen LogP contribution in [0.25, 0.3) is 0 Å². The van der Waals surface area contributed by atoms with Crippen LogP contribution >= 0.6 is 0 Å². The summed E-state index contributed by atoms with van der Waals surface area (Å²) >= 11 is 0. The molecule has 2 heterocycles. The van der Waals surface area contributed by atoms with Crippen LogP contribution in [0.5, 0.6) is 0 Å². The number of pyridine rings is 1. The van der Waals surface area contributed by atoms with Gasteiger partial charge in [0.2, 0.25) is 0 Å². The molecule has 1 aliphatic heterocycles. The standard InChI is InChI=1S/C16H27N3O/c1-3-8-17-13(2)15-6-7-16(18-10-15)19-9-4-5-14(11-19)12-20/h6-7,10,13-14,17,20H,3-5,8-9,11-12H2,1-2H3. The summed E-state index contributed by atoms with van der Waals surface area (Å²) in [5.74, 6) is 1.44. The quantitative estimate of drug-likeness (QED) is 0.838. The van der Waals surface area contributed by atoms with Crippen molar-refractivity contribution in [3.8, 4) is 0 Å². The molecule has 0 bridgehead atoms. The molecule has 0 aromatic carbocycles. The largest absolute Gasteiger partial charge is 0.396 e. The summed E-state index contributed by atoms with van der Waals surface area (Å²) in [4.78, 5) is 6.89. The molecule has 112 valence electrons. The van der Waals surface area contributed by atoms with Gasteiger partial charge in [0.15, 0.2) is 0 Å². The molecule has 1 fully saturated rings. The van der Waals surface area contributed by atoms with Crippen molar-refractivity contribution in [2.24, 2.45) is 5.92 Å². The van der Waals surface area contributed by atoms with Gasteiger partial charge in [0.05, 0.1) is 0 Å². The Hall–Kier alpha value is -1.13. The summed E-state index contributed by atoms with van der Waals surface area (Å²) < 4.78 is 0. The van der Waals surface area contributed by atoms with Gasteiger partial charge in [0, 0.05) is 31.9 Å². The van der Waals surface area contributed by atoms with Gasteiger partial charge in [-0.25, -0.2) is 4.98 Å². The van der Waals surface area contributed by atoms with Gasteiger partial charge in [0.25, 0.3) is 0 Å². The lowest BCUT2D eigenvalue weighted by atomic mass is 9.99. The molecule has 2 atom stereocenters. The minimum absolute atomic E-state index is 0.284. The summed E-state index contributed by atoms with van der Waals surface area (Å²) in [5, 5.41) is 12.8. The predicted octanol–water partition coefficient (Wildman–Crippen LogP) is 2.35. The lowest BCUT2D eigenvalue weighted by Crippen LogP contribution is -2.37.